The molecule has 7 heteroatoms. The van der Waals surface area contributed by atoms with Gasteiger partial charge in [-0.3, -0.25) is 0 Å². The number of nitrogens with one attached hydrogen (secondary N) is 2. The van der Waals surface area contributed by atoms with Crippen molar-refractivity contribution in [1.29, 1.82) is 0 Å². The Morgan fingerprint density at radius 3 is 2.62 bits per heavy atom. The van der Waals surface area contributed by atoms with Gasteiger partial charge in [0.2, 0.25) is 10.0 Å². The van der Waals surface area contributed by atoms with Crippen molar-refractivity contribution in [2.75, 3.05) is 19.8 Å². The van der Waals surface area contributed by atoms with Crippen molar-refractivity contribution < 1.29 is 8.42 Å². The Bertz CT molecular complexity index is 577. The summed E-state index contributed by atoms with van der Waals surface area (Å²) in [6, 6.07) is 3.30. The first-order chi connectivity index (χ1) is 9.81. The van der Waals surface area contributed by atoms with Crippen LogP contribution in [0.15, 0.2) is 17.0 Å². The Balaban J connectivity index is 2.97. The lowest BCUT2D eigenvalue weighted by atomic mass is 10.1. The molecule has 0 saturated heterocycles. The van der Waals surface area contributed by atoms with Gasteiger partial charge in [-0.1, -0.05) is 18.5 Å². The Morgan fingerprint density at radius 2 is 2.05 bits per heavy atom. The molecule has 0 heterocycles. The fourth-order valence-corrected chi connectivity index (χ4v) is 3.97. The molecule has 1 rings (SSSR count). The lowest BCUT2D eigenvalue weighted by Gasteiger charge is -2.14. The SMILES string of the molecule is CNCc1cc(Cl)cc(S(=O)(=O)NCCC(C)SC)c1C. The number of hydrogen-bond donors (Lipinski definition) is 2. The van der Waals surface area contributed by atoms with Gasteiger partial charge in [0, 0.05) is 23.4 Å². The van der Waals surface area contributed by atoms with E-state index in [0.717, 1.165) is 17.5 Å². The van der Waals surface area contributed by atoms with Gasteiger partial charge in [-0.2, -0.15) is 11.8 Å². The second-order valence-electron chi connectivity index (χ2n) is 4.95. The van der Waals surface area contributed by atoms with Crippen molar-refractivity contribution in [3.63, 3.8) is 0 Å². The van der Waals surface area contributed by atoms with Crippen LogP contribution in [-0.4, -0.2) is 33.5 Å². The number of rotatable bonds is 8. The summed E-state index contributed by atoms with van der Waals surface area (Å²) in [5, 5.41) is 3.88. The molecule has 1 unspecified atom stereocenters. The van der Waals surface area contributed by atoms with Crippen LogP contribution < -0.4 is 10.0 Å². The van der Waals surface area contributed by atoms with Gasteiger partial charge in [0.15, 0.2) is 0 Å². The maximum absolute atomic E-state index is 12.4. The molecule has 4 nitrogen and oxygen atoms in total. The maximum atomic E-state index is 12.4. The van der Waals surface area contributed by atoms with Gasteiger partial charge < -0.3 is 5.32 Å². The van der Waals surface area contributed by atoms with E-state index in [1.54, 1.807) is 17.8 Å². The van der Waals surface area contributed by atoms with Gasteiger partial charge >= 0.3 is 0 Å². The molecule has 1 aromatic rings. The summed E-state index contributed by atoms with van der Waals surface area (Å²) >= 11 is 7.77. The Kier molecular flexibility index (Phi) is 7.50. The average Bonchev–Trinajstić information content (AvgIpc) is 2.42. The Labute approximate surface area is 137 Å². The van der Waals surface area contributed by atoms with Gasteiger partial charge in [0.1, 0.15) is 0 Å². The molecule has 21 heavy (non-hydrogen) atoms. The third-order valence-electron chi connectivity index (χ3n) is 3.33. The van der Waals surface area contributed by atoms with E-state index < -0.39 is 10.0 Å². The smallest absolute Gasteiger partial charge is 0.240 e. The third kappa shape index (κ3) is 5.45. The summed E-state index contributed by atoms with van der Waals surface area (Å²) in [4.78, 5) is 0.261. The van der Waals surface area contributed by atoms with Crippen LogP contribution in [0, 0.1) is 6.92 Å². The quantitative estimate of drug-likeness (QED) is 0.757. The van der Waals surface area contributed by atoms with Crippen molar-refractivity contribution in [3.05, 3.63) is 28.3 Å². The van der Waals surface area contributed by atoms with Crippen LogP contribution in [0.1, 0.15) is 24.5 Å². The van der Waals surface area contributed by atoms with Gasteiger partial charge in [-0.05, 0) is 49.9 Å². The lowest BCUT2D eigenvalue weighted by Crippen LogP contribution is -2.27. The maximum Gasteiger partial charge on any atom is 0.240 e. The predicted octanol–water partition coefficient (Wildman–Crippen LogP) is 2.79. The normalized spacial score (nSPS) is 13.4. The molecule has 1 atom stereocenters. The van der Waals surface area contributed by atoms with E-state index in [1.165, 1.54) is 6.07 Å². The number of thioether (sulfide) groups is 1. The minimum absolute atomic E-state index is 0.261. The molecule has 0 radical (unpaired) electrons. The monoisotopic (exact) mass is 350 g/mol. The van der Waals surface area contributed by atoms with Gasteiger partial charge in [-0.25, -0.2) is 13.1 Å². The number of benzene rings is 1. The second kappa shape index (κ2) is 8.39. The molecule has 0 aliphatic rings. The molecule has 1 aromatic carbocycles. The topological polar surface area (TPSA) is 58.2 Å². The van der Waals surface area contributed by atoms with E-state index in [2.05, 4.69) is 17.0 Å². The first kappa shape index (κ1) is 18.8. The molecule has 0 fully saturated rings. The number of sulfonamides is 1. The van der Waals surface area contributed by atoms with E-state index >= 15 is 0 Å². The standard InChI is InChI=1S/C14H23ClN2O2S2/c1-10(20-4)5-6-17-21(18,19)14-8-13(15)7-12(9-16-3)11(14)2/h7-8,10,16-17H,5-6,9H2,1-4H3. The van der Waals surface area contributed by atoms with Crippen LogP contribution in [0.5, 0.6) is 0 Å². The first-order valence-corrected chi connectivity index (χ1v) is 9.92. The van der Waals surface area contributed by atoms with E-state index in [0.29, 0.717) is 23.4 Å². The predicted molar refractivity (Wildman–Crippen MR) is 91.7 cm³/mol. The number of hydrogen-bond acceptors (Lipinski definition) is 4. The number of halogens is 1. The van der Waals surface area contributed by atoms with Gasteiger partial charge in [-0.15, -0.1) is 0 Å². The Morgan fingerprint density at radius 1 is 1.38 bits per heavy atom. The Hall–Kier alpha value is -0.270. The summed E-state index contributed by atoms with van der Waals surface area (Å²) in [5.74, 6) is 0. The van der Waals surface area contributed by atoms with Crippen molar-refractivity contribution in [1.82, 2.24) is 10.0 Å². The highest BCUT2D eigenvalue weighted by atomic mass is 35.5. The average molecular weight is 351 g/mol. The molecular weight excluding hydrogens is 328 g/mol. The van der Waals surface area contributed by atoms with Crippen LogP contribution >= 0.6 is 23.4 Å². The highest BCUT2D eigenvalue weighted by Gasteiger charge is 2.19. The first-order valence-electron chi connectivity index (χ1n) is 6.78. The molecule has 0 spiro atoms. The summed E-state index contributed by atoms with van der Waals surface area (Å²) in [5.41, 5.74) is 1.63. The van der Waals surface area contributed by atoms with Crippen molar-refractivity contribution in [2.24, 2.45) is 0 Å². The fourth-order valence-electron chi connectivity index (χ4n) is 1.95. The highest BCUT2D eigenvalue weighted by Crippen LogP contribution is 2.24. The summed E-state index contributed by atoms with van der Waals surface area (Å²) < 4.78 is 27.5. The zero-order valence-corrected chi connectivity index (χ0v) is 15.3. The van der Waals surface area contributed by atoms with E-state index in [-0.39, 0.29) is 4.90 Å². The largest absolute Gasteiger partial charge is 0.316 e. The van der Waals surface area contributed by atoms with Crippen LogP contribution in [0.25, 0.3) is 0 Å². The fraction of sp³-hybridized carbons (Fsp3) is 0.571. The summed E-state index contributed by atoms with van der Waals surface area (Å²) in [6.45, 7) is 4.90. The van der Waals surface area contributed by atoms with Crippen LogP contribution in [0.4, 0.5) is 0 Å². The van der Waals surface area contributed by atoms with Gasteiger partial charge in [0.05, 0.1) is 4.90 Å². The molecule has 120 valence electrons. The van der Waals surface area contributed by atoms with E-state index in [1.807, 2.05) is 20.2 Å². The minimum Gasteiger partial charge on any atom is -0.316 e. The van der Waals surface area contributed by atoms with Gasteiger partial charge in [0.25, 0.3) is 0 Å². The molecule has 0 saturated carbocycles. The molecule has 0 amide bonds. The highest BCUT2D eigenvalue weighted by molar-refractivity contribution is 7.99. The van der Waals surface area contributed by atoms with Crippen molar-refractivity contribution in [3.8, 4) is 0 Å². The molecule has 0 aromatic heterocycles. The van der Waals surface area contributed by atoms with Crippen LogP contribution in [0.2, 0.25) is 5.02 Å². The molecule has 0 aliphatic carbocycles. The molecule has 0 bridgehead atoms. The van der Waals surface area contributed by atoms with Crippen molar-refractivity contribution >= 4 is 33.4 Å². The zero-order chi connectivity index (χ0) is 16.0. The van der Waals surface area contributed by atoms with E-state index in [4.69, 9.17) is 11.6 Å². The molecule has 2 N–H and O–H groups in total. The minimum atomic E-state index is -3.53. The van der Waals surface area contributed by atoms with Crippen LogP contribution in [-0.2, 0) is 16.6 Å². The zero-order valence-electron chi connectivity index (χ0n) is 12.9. The third-order valence-corrected chi connectivity index (χ3v) is 6.18. The summed E-state index contributed by atoms with van der Waals surface area (Å²) in [6.07, 6.45) is 2.81. The van der Waals surface area contributed by atoms with E-state index in [9.17, 15) is 8.42 Å². The lowest BCUT2D eigenvalue weighted by molar-refractivity contribution is 0.578. The molecular formula is C14H23ClN2O2S2. The molecule has 0 aliphatic heterocycles. The summed E-state index contributed by atoms with van der Waals surface area (Å²) in [7, 11) is -1.71. The van der Waals surface area contributed by atoms with Crippen molar-refractivity contribution in [2.45, 2.75) is 37.0 Å². The van der Waals surface area contributed by atoms with Crippen LogP contribution in [0.3, 0.4) is 0 Å². The second-order valence-corrected chi connectivity index (χ2v) is 8.40.